The Labute approximate surface area is 108 Å². The number of nitrogens with zero attached hydrogens (tertiary/aromatic N) is 3. The molecule has 1 unspecified atom stereocenters. The van der Waals surface area contributed by atoms with Crippen LogP contribution in [0.4, 0.5) is 0 Å². The number of hydrogen-bond acceptors (Lipinski definition) is 3. The van der Waals surface area contributed by atoms with Crippen molar-refractivity contribution in [1.82, 2.24) is 14.7 Å². The summed E-state index contributed by atoms with van der Waals surface area (Å²) in [7, 11) is 0. The topological polar surface area (TPSA) is 58.4 Å². The summed E-state index contributed by atoms with van der Waals surface area (Å²) in [5.41, 5.74) is 2.16. The van der Waals surface area contributed by atoms with Crippen LogP contribution in [0, 0.1) is 12.8 Å². The third kappa shape index (κ3) is 3.84. The number of rotatable bonds is 7. The monoisotopic (exact) mass is 253 g/mol. The van der Waals surface area contributed by atoms with E-state index < -0.39 is 5.97 Å². The molecule has 18 heavy (non-hydrogen) atoms. The highest BCUT2D eigenvalue weighted by molar-refractivity contribution is 5.69. The Balaban J connectivity index is 2.70. The van der Waals surface area contributed by atoms with Gasteiger partial charge in [0.1, 0.15) is 0 Å². The van der Waals surface area contributed by atoms with Crippen molar-refractivity contribution >= 4 is 5.97 Å². The van der Waals surface area contributed by atoms with E-state index in [1.807, 2.05) is 18.5 Å². The molecule has 102 valence electrons. The molecule has 0 spiro atoms. The summed E-state index contributed by atoms with van der Waals surface area (Å²) in [4.78, 5) is 13.0. The van der Waals surface area contributed by atoms with Gasteiger partial charge in [-0.2, -0.15) is 5.10 Å². The van der Waals surface area contributed by atoms with Crippen LogP contribution in [0.15, 0.2) is 6.07 Å². The predicted octanol–water partition coefficient (Wildman–Crippen LogP) is 1.75. The Morgan fingerprint density at radius 2 is 2.22 bits per heavy atom. The molecule has 0 saturated carbocycles. The molecule has 0 aromatic carbocycles. The Morgan fingerprint density at radius 1 is 1.56 bits per heavy atom. The molecule has 0 aliphatic heterocycles. The Hall–Kier alpha value is -1.36. The van der Waals surface area contributed by atoms with Crippen LogP contribution in [0.1, 0.15) is 32.2 Å². The lowest BCUT2D eigenvalue weighted by molar-refractivity contribution is -0.141. The summed E-state index contributed by atoms with van der Waals surface area (Å²) < 4.78 is 1.98. The van der Waals surface area contributed by atoms with Crippen molar-refractivity contribution in [3.8, 4) is 0 Å². The first-order valence-electron chi connectivity index (χ1n) is 6.46. The summed E-state index contributed by atoms with van der Waals surface area (Å²) in [6, 6.07) is 2.07. The molecule has 1 heterocycles. The lowest BCUT2D eigenvalue weighted by Crippen LogP contribution is -2.32. The highest BCUT2D eigenvalue weighted by atomic mass is 16.4. The van der Waals surface area contributed by atoms with Crippen LogP contribution in [0.25, 0.3) is 0 Å². The van der Waals surface area contributed by atoms with E-state index in [1.54, 1.807) is 6.92 Å². The molecule has 0 radical (unpaired) electrons. The lowest BCUT2D eigenvalue weighted by Gasteiger charge is -2.22. The molecule has 0 saturated heterocycles. The average Bonchev–Trinajstić information content (AvgIpc) is 2.68. The average molecular weight is 253 g/mol. The van der Waals surface area contributed by atoms with Crippen LogP contribution in [0.2, 0.25) is 0 Å². The van der Waals surface area contributed by atoms with Crippen LogP contribution in [-0.2, 0) is 17.9 Å². The maximum absolute atomic E-state index is 10.9. The van der Waals surface area contributed by atoms with Crippen LogP contribution < -0.4 is 0 Å². The fourth-order valence-electron chi connectivity index (χ4n) is 2.00. The van der Waals surface area contributed by atoms with E-state index in [2.05, 4.69) is 23.0 Å². The van der Waals surface area contributed by atoms with Gasteiger partial charge < -0.3 is 5.11 Å². The van der Waals surface area contributed by atoms with Crippen LogP contribution >= 0.6 is 0 Å². The molecule has 1 aromatic rings. The third-order valence-corrected chi connectivity index (χ3v) is 3.07. The Bertz CT molecular complexity index is 401. The summed E-state index contributed by atoms with van der Waals surface area (Å²) in [5.74, 6) is -1.09. The quantitative estimate of drug-likeness (QED) is 0.804. The number of aliphatic carboxylic acids is 1. The first-order chi connectivity index (χ1) is 8.47. The van der Waals surface area contributed by atoms with Gasteiger partial charge in [-0.15, -0.1) is 0 Å². The maximum atomic E-state index is 10.9. The zero-order valence-electron chi connectivity index (χ0n) is 11.7. The van der Waals surface area contributed by atoms with E-state index in [4.69, 9.17) is 5.11 Å². The molecule has 1 atom stereocenters. The van der Waals surface area contributed by atoms with Crippen LogP contribution in [0.3, 0.4) is 0 Å². The van der Waals surface area contributed by atoms with Gasteiger partial charge in [-0.1, -0.05) is 13.8 Å². The number of carboxylic acids is 1. The molecule has 1 aromatic heterocycles. The van der Waals surface area contributed by atoms with Gasteiger partial charge in [0.2, 0.25) is 0 Å². The van der Waals surface area contributed by atoms with Gasteiger partial charge in [-0.3, -0.25) is 14.4 Å². The zero-order valence-corrected chi connectivity index (χ0v) is 11.7. The minimum atomic E-state index is -0.742. The van der Waals surface area contributed by atoms with Gasteiger partial charge in [0, 0.05) is 19.6 Å². The molecule has 0 aliphatic rings. The highest BCUT2D eigenvalue weighted by Crippen LogP contribution is 2.09. The van der Waals surface area contributed by atoms with Gasteiger partial charge >= 0.3 is 5.97 Å². The minimum absolute atomic E-state index is 0.343. The second-order valence-electron chi connectivity index (χ2n) is 4.66. The number of aryl methyl sites for hydroxylation is 2. The number of aromatic nitrogens is 2. The smallest absolute Gasteiger partial charge is 0.307 e. The third-order valence-electron chi connectivity index (χ3n) is 3.07. The molecule has 0 amide bonds. The predicted molar refractivity (Wildman–Crippen MR) is 70.4 cm³/mol. The van der Waals surface area contributed by atoms with Crippen molar-refractivity contribution in [2.24, 2.45) is 5.92 Å². The second kappa shape index (κ2) is 6.54. The van der Waals surface area contributed by atoms with E-state index in [0.717, 1.165) is 31.0 Å². The zero-order chi connectivity index (χ0) is 13.7. The Morgan fingerprint density at radius 3 is 2.72 bits per heavy atom. The molecule has 5 heteroatoms. The summed E-state index contributed by atoms with van der Waals surface area (Å²) >= 11 is 0. The van der Waals surface area contributed by atoms with E-state index in [9.17, 15) is 4.79 Å². The molecular formula is C13H23N3O2. The van der Waals surface area contributed by atoms with Crippen molar-refractivity contribution in [3.05, 3.63) is 17.5 Å². The molecule has 0 fully saturated rings. The van der Waals surface area contributed by atoms with Crippen molar-refractivity contribution in [2.75, 3.05) is 13.1 Å². The van der Waals surface area contributed by atoms with Crippen molar-refractivity contribution in [2.45, 2.75) is 40.8 Å². The van der Waals surface area contributed by atoms with E-state index >= 15 is 0 Å². The first kappa shape index (κ1) is 14.7. The fourth-order valence-corrected chi connectivity index (χ4v) is 2.00. The standard InChI is InChI=1S/C13H23N3O2/c1-5-15(8-10(3)13(17)18)9-12-7-11(4)14-16(12)6-2/h7,10H,5-6,8-9H2,1-4H3,(H,17,18). The molecule has 1 rings (SSSR count). The van der Waals surface area contributed by atoms with Crippen molar-refractivity contribution in [1.29, 1.82) is 0 Å². The fraction of sp³-hybridized carbons (Fsp3) is 0.692. The van der Waals surface area contributed by atoms with Gasteiger partial charge in [0.05, 0.1) is 17.3 Å². The molecule has 5 nitrogen and oxygen atoms in total. The van der Waals surface area contributed by atoms with Gasteiger partial charge in [0.25, 0.3) is 0 Å². The summed E-state index contributed by atoms with van der Waals surface area (Å²) in [6.45, 7) is 10.8. The van der Waals surface area contributed by atoms with E-state index in [1.165, 1.54) is 0 Å². The minimum Gasteiger partial charge on any atom is -0.481 e. The highest BCUT2D eigenvalue weighted by Gasteiger charge is 2.16. The normalized spacial score (nSPS) is 12.9. The van der Waals surface area contributed by atoms with Gasteiger partial charge in [-0.05, 0) is 26.5 Å². The van der Waals surface area contributed by atoms with Crippen molar-refractivity contribution < 1.29 is 9.90 Å². The van der Waals surface area contributed by atoms with Crippen LogP contribution in [-0.4, -0.2) is 38.8 Å². The second-order valence-corrected chi connectivity index (χ2v) is 4.66. The molecule has 1 N–H and O–H groups in total. The summed E-state index contributed by atoms with van der Waals surface area (Å²) in [5, 5.41) is 13.4. The molecule has 0 aliphatic carbocycles. The van der Waals surface area contributed by atoms with E-state index in [0.29, 0.717) is 6.54 Å². The van der Waals surface area contributed by atoms with Gasteiger partial charge in [0.15, 0.2) is 0 Å². The molecular weight excluding hydrogens is 230 g/mol. The maximum Gasteiger partial charge on any atom is 0.307 e. The van der Waals surface area contributed by atoms with Gasteiger partial charge in [-0.25, -0.2) is 0 Å². The van der Waals surface area contributed by atoms with Crippen molar-refractivity contribution in [3.63, 3.8) is 0 Å². The SMILES string of the molecule is CCN(Cc1cc(C)nn1CC)CC(C)C(=O)O. The number of hydrogen-bond donors (Lipinski definition) is 1. The number of carbonyl (C=O) groups is 1. The number of carboxylic acid groups (broad SMARTS) is 1. The Kier molecular flexibility index (Phi) is 5.34. The van der Waals surface area contributed by atoms with E-state index in [-0.39, 0.29) is 5.92 Å². The first-order valence-corrected chi connectivity index (χ1v) is 6.46. The molecule has 0 bridgehead atoms. The largest absolute Gasteiger partial charge is 0.481 e. The lowest BCUT2D eigenvalue weighted by atomic mass is 10.1. The summed E-state index contributed by atoms with van der Waals surface area (Å²) in [6.07, 6.45) is 0. The van der Waals surface area contributed by atoms with Crippen LogP contribution in [0.5, 0.6) is 0 Å².